The molecule has 1 nitrogen and oxygen atoms in total. The van der Waals surface area contributed by atoms with Crippen molar-refractivity contribution >= 4 is 0 Å². The van der Waals surface area contributed by atoms with Crippen molar-refractivity contribution in [3.63, 3.8) is 0 Å². The third-order valence-corrected chi connectivity index (χ3v) is 4.23. The van der Waals surface area contributed by atoms with E-state index in [0.29, 0.717) is 5.41 Å². The van der Waals surface area contributed by atoms with Gasteiger partial charge in [-0.05, 0) is 36.6 Å². The van der Waals surface area contributed by atoms with Crippen LogP contribution in [0.1, 0.15) is 59.3 Å². The van der Waals surface area contributed by atoms with Crippen LogP contribution in [0.5, 0.6) is 0 Å². The van der Waals surface area contributed by atoms with Crippen molar-refractivity contribution in [3.05, 3.63) is 0 Å². The highest BCUT2D eigenvalue weighted by Gasteiger charge is 2.35. The van der Waals surface area contributed by atoms with Gasteiger partial charge in [0.15, 0.2) is 0 Å². The van der Waals surface area contributed by atoms with Crippen molar-refractivity contribution in [1.29, 1.82) is 0 Å². The maximum absolute atomic E-state index is 5.71. The fourth-order valence-electron chi connectivity index (χ4n) is 3.28. The Kier molecular flexibility index (Phi) is 4.43. The number of nitrogens with two attached hydrogens (primary N) is 1. The van der Waals surface area contributed by atoms with Gasteiger partial charge in [-0.2, -0.15) is 0 Å². The first-order valence-electron chi connectivity index (χ1n) is 6.32. The Bertz CT molecular complexity index is 163. The average molecular weight is 197 g/mol. The van der Waals surface area contributed by atoms with Gasteiger partial charge in [0, 0.05) is 0 Å². The molecule has 2 N–H and O–H groups in total. The molecule has 0 radical (unpaired) electrons. The van der Waals surface area contributed by atoms with Gasteiger partial charge in [-0.15, -0.1) is 0 Å². The largest absolute Gasteiger partial charge is 0.330 e. The second-order valence-electron chi connectivity index (χ2n) is 5.59. The normalized spacial score (nSPS) is 29.1. The topological polar surface area (TPSA) is 26.0 Å². The SMILES string of the molecule is CCC1CCCCC1C(C)(C)CCN. The third-order valence-electron chi connectivity index (χ3n) is 4.23. The summed E-state index contributed by atoms with van der Waals surface area (Å²) in [5.41, 5.74) is 6.18. The minimum Gasteiger partial charge on any atom is -0.330 e. The molecule has 0 heterocycles. The molecule has 1 rings (SSSR count). The van der Waals surface area contributed by atoms with Crippen molar-refractivity contribution < 1.29 is 0 Å². The van der Waals surface area contributed by atoms with E-state index >= 15 is 0 Å². The van der Waals surface area contributed by atoms with Gasteiger partial charge in [0.2, 0.25) is 0 Å². The molecule has 0 aromatic heterocycles. The molecule has 1 aliphatic carbocycles. The minimum atomic E-state index is 0.468. The first-order valence-corrected chi connectivity index (χ1v) is 6.32. The molecule has 1 fully saturated rings. The molecule has 84 valence electrons. The van der Waals surface area contributed by atoms with Crippen molar-refractivity contribution in [2.75, 3.05) is 6.54 Å². The van der Waals surface area contributed by atoms with Gasteiger partial charge in [-0.1, -0.05) is 46.5 Å². The zero-order valence-corrected chi connectivity index (χ0v) is 10.2. The predicted octanol–water partition coefficient (Wildman–Crippen LogP) is 3.58. The van der Waals surface area contributed by atoms with Crippen LogP contribution in [-0.4, -0.2) is 6.54 Å². The van der Waals surface area contributed by atoms with E-state index in [9.17, 15) is 0 Å². The summed E-state index contributed by atoms with van der Waals surface area (Å²) >= 11 is 0. The smallest absolute Gasteiger partial charge is 0.00721 e. The molecule has 0 aromatic carbocycles. The standard InChI is InChI=1S/C13H27N/c1-4-11-7-5-6-8-12(11)13(2,3)9-10-14/h11-12H,4-10,14H2,1-3H3. The van der Waals surface area contributed by atoms with E-state index in [1.807, 2.05) is 0 Å². The quantitative estimate of drug-likeness (QED) is 0.732. The van der Waals surface area contributed by atoms with Crippen LogP contribution >= 0.6 is 0 Å². The van der Waals surface area contributed by atoms with Gasteiger partial charge in [-0.3, -0.25) is 0 Å². The van der Waals surface area contributed by atoms with Crippen molar-refractivity contribution in [1.82, 2.24) is 0 Å². The molecule has 2 unspecified atom stereocenters. The van der Waals surface area contributed by atoms with Crippen LogP contribution in [0.15, 0.2) is 0 Å². The van der Waals surface area contributed by atoms with Gasteiger partial charge in [0.1, 0.15) is 0 Å². The average Bonchev–Trinajstić information content (AvgIpc) is 2.18. The highest BCUT2D eigenvalue weighted by molar-refractivity contribution is 4.86. The van der Waals surface area contributed by atoms with Gasteiger partial charge in [0.25, 0.3) is 0 Å². The molecule has 0 amide bonds. The summed E-state index contributed by atoms with van der Waals surface area (Å²) < 4.78 is 0. The molecule has 0 bridgehead atoms. The fraction of sp³-hybridized carbons (Fsp3) is 1.00. The minimum absolute atomic E-state index is 0.468. The molecule has 1 saturated carbocycles. The zero-order chi connectivity index (χ0) is 10.6. The van der Waals surface area contributed by atoms with Crippen molar-refractivity contribution in [2.45, 2.75) is 59.3 Å². The predicted molar refractivity (Wildman–Crippen MR) is 63.2 cm³/mol. The van der Waals surface area contributed by atoms with Gasteiger partial charge >= 0.3 is 0 Å². The van der Waals surface area contributed by atoms with Crippen LogP contribution in [0.2, 0.25) is 0 Å². The van der Waals surface area contributed by atoms with E-state index < -0.39 is 0 Å². The molecular formula is C13H27N. The van der Waals surface area contributed by atoms with Gasteiger partial charge < -0.3 is 5.73 Å². The van der Waals surface area contributed by atoms with Crippen molar-refractivity contribution in [2.24, 2.45) is 23.0 Å². The van der Waals surface area contributed by atoms with Crippen LogP contribution < -0.4 is 5.73 Å². The molecule has 0 aliphatic heterocycles. The van der Waals surface area contributed by atoms with Crippen LogP contribution in [0.3, 0.4) is 0 Å². The monoisotopic (exact) mass is 197 g/mol. The Morgan fingerprint density at radius 3 is 2.43 bits per heavy atom. The molecule has 2 atom stereocenters. The van der Waals surface area contributed by atoms with E-state index in [-0.39, 0.29) is 0 Å². The maximum atomic E-state index is 5.71. The molecule has 0 spiro atoms. The Morgan fingerprint density at radius 2 is 1.86 bits per heavy atom. The van der Waals surface area contributed by atoms with Crippen LogP contribution in [0.25, 0.3) is 0 Å². The number of hydrogen-bond donors (Lipinski definition) is 1. The summed E-state index contributed by atoms with van der Waals surface area (Å²) in [5.74, 6) is 1.88. The molecule has 1 aliphatic rings. The van der Waals surface area contributed by atoms with E-state index in [2.05, 4.69) is 20.8 Å². The van der Waals surface area contributed by atoms with Crippen LogP contribution in [0, 0.1) is 17.3 Å². The van der Waals surface area contributed by atoms with Crippen LogP contribution in [0.4, 0.5) is 0 Å². The van der Waals surface area contributed by atoms with Gasteiger partial charge in [0.05, 0.1) is 0 Å². The zero-order valence-electron chi connectivity index (χ0n) is 10.2. The number of rotatable bonds is 4. The molecule has 1 heteroatoms. The van der Waals surface area contributed by atoms with E-state index in [1.54, 1.807) is 0 Å². The summed E-state index contributed by atoms with van der Waals surface area (Å²) in [6.07, 6.45) is 8.33. The Hall–Kier alpha value is -0.0400. The summed E-state index contributed by atoms with van der Waals surface area (Å²) in [4.78, 5) is 0. The highest BCUT2D eigenvalue weighted by atomic mass is 14.5. The highest BCUT2D eigenvalue weighted by Crippen LogP contribution is 2.44. The van der Waals surface area contributed by atoms with Crippen LogP contribution in [-0.2, 0) is 0 Å². The lowest BCUT2D eigenvalue weighted by Gasteiger charge is -2.42. The lowest BCUT2D eigenvalue weighted by molar-refractivity contribution is 0.0837. The second-order valence-corrected chi connectivity index (χ2v) is 5.59. The Morgan fingerprint density at radius 1 is 1.21 bits per heavy atom. The fourth-order valence-corrected chi connectivity index (χ4v) is 3.28. The first-order chi connectivity index (χ1) is 6.61. The van der Waals surface area contributed by atoms with Crippen molar-refractivity contribution in [3.8, 4) is 0 Å². The second kappa shape index (κ2) is 5.16. The summed E-state index contributed by atoms with van der Waals surface area (Å²) in [7, 11) is 0. The Balaban J connectivity index is 2.61. The molecular weight excluding hydrogens is 170 g/mol. The summed E-state index contributed by atoms with van der Waals surface area (Å²) in [6, 6.07) is 0. The van der Waals surface area contributed by atoms with E-state index in [0.717, 1.165) is 18.4 Å². The molecule has 0 aromatic rings. The number of hydrogen-bond acceptors (Lipinski definition) is 1. The first kappa shape index (κ1) is 12.0. The lowest BCUT2D eigenvalue weighted by atomic mass is 9.63. The molecule has 14 heavy (non-hydrogen) atoms. The van der Waals surface area contributed by atoms with E-state index in [4.69, 9.17) is 5.73 Å². The summed E-state index contributed by atoms with van der Waals surface area (Å²) in [6.45, 7) is 8.03. The third kappa shape index (κ3) is 2.73. The van der Waals surface area contributed by atoms with E-state index in [1.165, 1.54) is 38.5 Å². The van der Waals surface area contributed by atoms with Gasteiger partial charge in [-0.25, -0.2) is 0 Å². The lowest BCUT2D eigenvalue weighted by Crippen LogP contribution is -2.34. The maximum Gasteiger partial charge on any atom is -0.00721 e. The summed E-state index contributed by atoms with van der Waals surface area (Å²) in [5, 5.41) is 0. The Labute approximate surface area is 89.5 Å². The molecule has 0 saturated heterocycles.